The average molecular weight is 278 g/mol. The molecule has 0 atom stereocenters. The van der Waals surface area contributed by atoms with Crippen LogP contribution in [0.15, 0.2) is 18.2 Å². The summed E-state index contributed by atoms with van der Waals surface area (Å²) >= 11 is 8.04. The van der Waals surface area contributed by atoms with Crippen molar-refractivity contribution in [2.24, 2.45) is 0 Å². The van der Waals surface area contributed by atoms with Crippen LogP contribution in [0.2, 0.25) is 5.15 Å². The van der Waals surface area contributed by atoms with E-state index in [1.54, 1.807) is 0 Å². The highest BCUT2D eigenvalue weighted by molar-refractivity contribution is 14.1. The second-order valence-corrected chi connectivity index (χ2v) is 3.82. The van der Waals surface area contributed by atoms with E-state index < -0.39 is 0 Å². The molecular formula is C7H4ClIN2. The third-order valence-electron chi connectivity index (χ3n) is 1.47. The molecule has 0 unspecified atom stereocenters. The third-order valence-corrected chi connectivity index (χ3v) is 2.43. The molecule has 0 bridgehead atoms. The fourth-order valence-electron chi connectivity index (χ4n) is 0.952. The predicted octanol–water partition coefficient (Wildman–Crippen LogP) is 2.82. The van der Waals surface area contributed by atoms with E-state index in [0.717, 1.165) is 10.9 Å². The lowest BCUT2D eigenvalue weighted by Crippen LogP contribution is -1.70. The molecule has 1 N–H and O–H groups in total. The number of hydrogen-bond acceptors (Lipinski definition) is 1. The summed E-state index contributed by atoms with van der Waals surface area (Å²) in [6.07, 6.45) is 0. The number of aromatic amines is 1. The molecule has 0 saturated heterocycles. The SMILES string of the molecule is Clc1[nH]nc2cc(I)ccc12. The van der Waals surface area contributed by atoms with E-state index >= 15 is 0 Å². The first-order valence-electron chi connectivity index (χ1n) is 3.06. The first-order valence-corrected chi connectivity index (χ1v) is 4.52. The van der Waals surface area contributed by atoms with E-state index in [4.69, 9.17) is 11.6 Å². The molecule has 0 radical (unpaired) electrons. The minimum atomic E-state index is 0.608. The van der Waals surface area contributed by atoms with E-state index in [1.165, 1.54) is 3.57 Å². The quantitative estimate of drug-likeness (QED) is 0.738. The van der Waals surface area contributed by atoms with Crippen molar-refractivity contribution in [1.82, 2.24) is 10.2 Å². The topological polar surface area (TPSA) is 28.7 Å². The molecule has 11 heavy (non-hydrogen) atoms. The van der Waals surface area contributed by atoms with Crippen LogP contribution >= 0.6 is 34.2 Å². The van der Waals surface area contributed by atoms with Gasteiger partial charge in [0.2, 0.25) is 0 Å². The maximum atomic E-state index is 5.80. The molecule has 0 aliphatic rings. The van der Waals surface area contributed by atoms with Gasteiger partial charge in [-0.25, -0.2) is 0 Å². The highest BCUT2D eigenvalue weighted by Gasteiger charge is 2.01. The Hall–Kier alpha value is -0.290. The van der Waals surface area contributed by atoms with Crippen LogP contribution in [0.25, 0.3) is 10.9 Å². The number of halogens is 2. The molecule has 1 heterocycles. The van der Waals surface area contributed by atoms with Gasteiger partial charge in [0.25, 0.3) is 0 Å². The van der Waals surface area contributed by atoms with Crippen LogP contribution < -0.4 is 0 Å². The van der Waals surface area contributed by atoms with Crippen LogP contribution in [0.1, 0.15) is 0 Å². The van der Waals surface area contributed by atoms with Crippen molar-refractivity contribution in [2.45, 2.75) is 0 Å². The number of nitrogens with zero attached hydrogens (tertiary/aromatic N) is 1. The van der Waals surface area contributed by atoms with Crippen molar-refractivity contribution in [1.29, 1.82) is 0 Å². The smallest absolute Gasteiger partial charge is 0.132 e. The Labute approximate surface area is 82.1 Å². The Morgan fingerprint density at radius 1 is 1.45 bits per heavy atom. The summed E-state index contributed by atoms with van der Waals surface area (Å²) in [6, 6.07) is 5.95. The molecular weight excluding hydrogens is 274 g/mol. The van der Waals surface area contributed by atoms with Gasteiger partial charge in [0.1, 0.15) is 5.15 Å². The zero-order chi connectivity index (χ0) is 7.84. The van der Waals surface area contributed by atoms with Gasteiger partial charge < -0.3 is 0 Å². The van der Waals surface area contributed by atoms with Crippen LogP contribution in [-0.4, -0.2) is 10.2 Å². The Bertz CT molecular complexity index is 396. The average Bonchev–Trinajstić information content (AvgIpc) is 2.32. The molecule has 0 fully saturated rings. The molecule has 0 spiro atoms. The number of H-pyrrole nitrogens is 1. The molecule has 0 aliphatic carbocycles. The Morgan fingerprint density at radius 3 is 3.09 bits per heavy atom. The second kappa shape index (κ2) is 2.64. The van der Waals surface area contributed by atoms with Gasteiger partial charge in [-0.3, -0.25) is 5.10 Å². The van der Waals surface area contributed by atoms with Gasteiger partial charge in [-0.2, -0.15) is 5.10 Å². The molecule has 2 rings (SSSR count). The fraction of sp³-hybridized carbons (Fsp3) is 0. The van der Waals surface area contributed by atoms with Crippen molar-refractivity contribution < 1.29 is 0 Å². The standard InChI is InChI=1S/C7H4ClIN2/c8-7-5-2-1-4(9)3-6(5)10-11-7/h1-3H,(H,10,11). The maximum absolute atomic E-state index is 5.80. The molecule has 56 valence electrons. The molecule has 1 aromatic carbocycles. The van der Waals surface area contributed by atoms with Crippen LogP contribution in [0.5, 0.6) is 0 Å². The van der Waals surface area contributed by atoms with Gasteiger partial charge in [0, 0.05) is 8.96 Å². The van der Waals surface area contributed by atoms with Crippen molar-refractivity contribution in [3.63, 3.8) is 0 Å². The normalized spacial score (nSPS) is 10.7. The predicted molar refractivity (Wildman–Crippen MR) is 53.8 cm³/mol. The summed E-state index contributed by atoms with van der Waals surface area (Å²) < 4.78 is 1.17. The number of benzene rings is 1. The maximum Gasteiger partial charge on any atom is 0.132 e. The molecule has 2 aromatic rings. The van der Waals surface area contributed by atoms with Gasteiger partial charge in [0.15, 0.2) is 0 Å². The first-order chi connectivity index (χ1) is 5.27. The molecule has 4 heteroatoms. The number of nitrogens with one attached hydrogen (secondary N) is 1. The van der Waals surface area contributed by atoms with Crippen LogP contribution in [0.3, 0.4) is 0 Å². The first kappa shape index (κ1) is 7.36. The summed E-state index contributed by atoms with van der Waals surface area (Å²) in [5, 5.41) is 8.32. The van der Waals surface area contributed by atoms with Crippen LogP contribution in [-0.2, 0) is 0 Å². The van der Waals surface area contributed by atoms with Crippen molar-refractivity contribution in [3.8, 4) is 0 Å². The highest BCUT2D eigenvalue weighted by Crippen LogP contribution is 2.21. The van der Waals surface area contributed by atoms with Crippen LogP contribution in [0, 0.1) is 3.57 Å². The van der Waals surface area contributed by atoms with Gasteiger partial charge >= 0.3 is 0 Å². The lowest BCUT2D eigenvalue weighted by molar-refractivity contribution is 1.12. The summed E-state index contributed by atoms with van der Waals surface area (Å²) in [5.41, 5.74) is 0.918. The zero-order valence-electron chi connectivity index (χ0n) is 5.44. The Kier molecular flexibility index (Phi) is 1.77. The zero-order valence-corrected chi connectivity index (χ0v) is 8.35. The van der Waals surface area contributed by atoms with E-state index in [1.807, 2.05) is 18.2 Å². The lowest BCUT2D eigenvalue weighted by Gasteiger charge is -1.88. The minimum Gasteiger partial charge on any atom is -0.266 e. The fourth-order valence-corrected chi connectivity index (χ4v) is 1.63. The molecule has 0 amide bonds. The summed E-state index contributed by atoms with van der Waals surface area (Å²) in [7, 11) is 0. The van der Waals surface area contributed by atoms with E-state index in [0.29, 0.717) is 5.15 Å². The Morgan fingerprint density at radius 2 is 2.27 bits per heavy atom. The Balaban J connectivity index is 2.86. The summed E-state index contributed by atoms with van der Waals surface area (Å²) in [4.78, 5) is 0. The van der Waals surface area contributed by atoms with Crippen LogP contribution in [0.4, 0.5) is 0 Å². The third kappa shape index (κ3) is 1.22. The van der Waals surface area contributed by atoms with E-state index in [9.17, 15) is 0 Å². The van der Waals surface area contributed by atoms with Crippen molar-refractivity contribution in [3.05, 3.63) is 26.9 Å². The van der Waals surface area contributed by atoms with E-state index in [-0.39, 0.29) is 0 Å². The van der Waals surface area contributed by atoms with E-state index in [2.05, 4.69) is 32.8 Å². The highest BCUT2D eigenvalue weighted by atomic mass is 127. The summed E-state index contributed by atoms with van der Waals surface area (Å²) in [5.74, 6) is 0. The number of fused-ring (bicyclic) bond motifs is 1. The lowest BCUT2D eigenvalue weighted by atomic mass is 10.3. The largest absolute Gasteiger partial charge is 0.266 e. The van der Waals surface area contributed by atoms with Gasteiger partial charge in [-0.15, -0.1) is 0 Å². The molecule has 2 nitrogen and oxygen atoms in total. The van der Waals surface area contributed by atoms with Crippen molar-refractivity contribution in [2.75, 3.05) is 0 Å². The van der Waals surface area contributed by atoms with Gasteiger partial charge in [-0.1, -0.05) is 11.6 Å². The molecule has 0 saturated carbocycles. The second-order valence-electron chi connectivity index (χ2n) is 2.20. The van der Waals surface area contributed by atoms with Crippen molar-refractivity contribution >= 4 is 45.1 Å². The number of rotatable bonds is 0. The van der Waals surface area contributed by atoms with Gasteiger partial charge in [0.05, 0.1) is 5.52 Å². The van der Waals surface area contributed by atoms with Gasteiger partial charge in [-0.05, 0) is 40.8 Å². The number of aromatic nitrogens is 2. The minimum absolute atomic E-state index is 0.608. The number of hydrogen-bond donors (Lipinski definition) is 1. The summed E-state index contributed by atoms with van der Waals surface area (Å²) in [6.45, 7) is 0. The molecule has 0 aliphatic heterocycles. The monoisotopic (exact) mass is 278 g/mol. The molecule has 1 aromatic heterocycles.